The van der Waals surface area contributed by atoms with Crippen LogP contribution < -0.4 is 20.7 Å². The van der Waals surface area contributed by atoms with Gasteiger partial charge in [0.1, 0.15) is 5.75 Å². The predicted octanol–water partition coefficient (Wildman–Crippen LogP) is 1.70. The van der Waals surface area contributed by atoms with Gasteiger partial charge >= 0.3 is 0 Å². The molecule has 1 aliphatic rings. The van der Waals surface area contributed by atoms with Crippen LogP contribution >= 0.6 is 24.0 Å². The van der Waals surface area contributed by atoms with Gasteiger partial charge in [-0.3, -0.25) is 9.79 Å². The molecule has 0 bridgehead atoms. The van der Waals surface area contributed by atoms with E-state index in [1.54, 1.807) is 14.2 Å². The Hall–Kier alpha value is -1.55. The lowest BCUT2D eigenvalue weighted by Crippen LogP contribution is -2.44. The Kier molecular flexibility index (Phi) is 11.1. The third-order valence-corrected chi connectivity index (χ3v) is 3.97. The van der Waals surface area contributed by atoms with Gasteiger partial charge in [0.25, 0.3) is 5.91 Å². The summed E-state index contributed by atoms with van der Waals surface area (Å²) in [6.45, 7) is 3.50. The molecule has 1 aliphatic carbocycles. The van der Waals surface area contributed by atoms with Crippen LogP contribution in [0.25, 0.3) is 0 Å². The van der Waals surface area contributed by atoms with Crippen molar-refractivity contribution in [1.82, 2.24) is 16.0 Å². The number of nitrogens with zero attached hydrogens (tertiary/aromatic N) is 1. The summed E-state index contributed by atoms with van der Waals surface area (Å²) in [6, 6.07) is 8.38. The molecule has 1 atom stereocenters. The molecule has 0 spiro atoms. The van der Waals surface area contributed by atoms with E-state index in [0.717, 1.165) is 31.8 Å². The number of guanidine groups is 1. The van der Waals surface area contributed by atoms with E-state index in [4.69, 9.17) is 9.47 Å². The molecular formula is C19H31IN4O3. The fraction of sp³-hybridized carbons (Fsp3) is 0.579. The second-order valence-corrected chi connectivity index (χ2v) is 6.52. The van der Waals surface area contributed by atoms with Crippen molar-refractivity contribution in [3.05, 3.63) is 29.8 Å². The average Bonchev–Trinajstić information content (AvgIpc) is 3.44. The molecule has 7 nitrogen and oxygen atoms in total. The second kappa shape index (κ2) is 12.8. The molecule has 1 amide bonds. The summed E-state index contributed by atoms with van der Waals surface area (Å²) in [7, 11) is 3.43. The van der Waals surface area contributed by atoms with Crippen molar-refractivity contribution < 1.29 is 14.3 Å². The first-order valence-corrected chi connectivity index (χ1v) is 9.08. The number of benzene rings is 1. The largest absolute Gasteiger partial charge is 0.484 e. The third-order valence-electron chi connectivity index (χ3n) is 3.97. The summed E-state index contributed by atoms with van der Waals surface area (Å²) in [5.74, 6) is 1.41. The molecule has 0 aromatic heterocycles. The summed E-state index contributed by atoms with van der Waals surface area (Å²) < 4.78 is 10.6. The first kappa shape index (κ1) is 23.5. The van der Waals surface area contributed by atoms with Gasteiger partial charge in [-0.15, -0.1) is 24.0 Å². The fourth-order valence-corrected chi connectivity index (χ4v) is 2.44. The zero-order valence-electron chi connectivity index (χ0n) is 16.3. The van der Waals surface area contributed by atoms with Gasteiger partial charge in [0.05, 0.1) is 6.61 Å². The Balaban J connectivity index is 0.00000364. The van der Waals surface area contributed by atoms with Gasteiger partial charge in [-0.25, -0.2) is 0 Å². The van der Waals surface area contributed by atoms with E-state index >= 15 is 0 Å². The van der Waals surface area contributed by atoms with Gasteiger partial charge in [-0.1, -0.05) is 12.1 Å². The van der Waals surface area contributed by atoms with Crippen LogP contribution in [0.15, 0.2) is 29.3 Å². The van der Waals surface area contributed by atoms with Crippen molar-refractivity contribution in [1.29, 1.82) is 0 Å². The van der Waals surface area contributed by atoms with Gasteiger partial charge in [0.15, 0.2) is 12.6 Å². The molecule has 152 valence electrons. The molecule has 3 N–H and O–H groups in total. The number of hydrogen-bond acceptors (Lipinski definition) is 4. The van der Waals surface area contributed by atoms with Crippen LogP contribution in [0.5, 0.6) is 5.75 Å². The van der Waals surface area contributed by atoms with E-state index in [9.17, 15) is 4.79 Å². The van der Waals surface area contributed by atoms with Crippen molar-refractivity contribution in [3.63, 3.8) is 0 Å². The number of ether oxygens (including phenoxy) is 2. The van der Waals surface area contributed by atoms with E-state index in [2.05, 4.69) is 20.9 Å². The van der Waals surface area contributed by atoms with Gasteiger partial charge in [0, 0.05) is 32.8 Å². The van der Waals surface area contributed by atoms with Crippen LogP contribution in [-0.2, 0) is 16.0 Å². The molecule has 1 aromatic rings. The van der Waals surface area contributed by atoms with Crippen LogP contribution in [-0.4, -0.2) is 57.9 Å². The second-order valence-electron chi connectivity index (χ2n) is 6.52. The SMILES string of the molecule is CN=C(NCCc1ccc(OCC(=O)NC2CC2)cc1)NC(C)COC.I. The van der Waals surface area contributed by atoms with Crippen molar-refractivity contribution in [2.75, 3.05) is 33.9 Å². The van der Waals surface area contributed by atoms with Gasteiger partial charge in [-0.2, -0.15) is 0 Å². The highest BCUT2D eigenvalue weighted by Crippen LogP contribution is 2.18. The summed E-state index contributed by atoms with van der Waals surface area (Å²) in [5.41, 5.74) is 1.19. The van der Waals surface area contributed by atoms with Crippen LogP contribution in [0, 0.1) is 0 Å². The lowest BCUT2D eigenvalue weighted by atomic mass is 10.1. The van der Waals surface area contributed by atoms with Crippen LogP contribution in [0.4, 0.5) is 0 Å². The molecule has 1 saturated carbocycles. The molecule has 1 unspecified atom stereocenters. The molecule has 0 heterocycles. The number of nitrogens with one attached hydrogen (secondary N) is 3. The van der Waals surface area contributed by atoms with Crippen molar-refractivity contribution in [2.45, 2.75) is 38.3 Å². The maximum atomic E-state index is 11.6. The van der Waals surface area contributed by atoms with E-state index in [1.165, 1.54) is 5.56 Å². The summed E-state index contributed by atoms with van der Waals surface area (Å²) in [6.07, 6.45) is 3.03. The maximum absolute atomic E-state index is 11.6. The van der Waals surface area contributed by atoms with Crippen LogP contribution in [0.1, 0.15) is 25.3 Å². The Morgan fingerprint density at radius 2 is 2.00 bits per heavy atom. The zero-order valence-corrected chi connectivity index (χ0v) is 18.6. The van der Waals surface area contributed by atoms with Gasteiger partial charge < -0.3 is 25.4 Å². The first-order chi connectivity index (χ1) is 12.6. The normalized spacial score (nSPS) is 14.7. The van der Waals surface area contributed by atoms with Crippen molar-refractivity contribution >= 4 is 35.8 Å². The van der Waals surface area contributed by atoms with Crippen LogP contribution in [0.3, 0.4) is 0 Å². The molecular weight excluding hydrogens is 459 g/mol. The summed E-state index contributed by atoms with van der Waals surface area (Å²) in [5, 5.41) is 9.45. The minimum Gasteiger partial charge on any atom is -0.484 e. The van der Waals surface area contributed by atoms with Gasteiger partial charge in [-0.05, 0) is 43.9 Å². The lowest BCUT2D eigenvalue weighted by molar-refractivity contribution is -0.123. The molecule has 0 aliphatic heterocycles. The summed E-state index contributed by atoms with van der Waals surface area (Å²) >= 11 is 0. The Bertz CT molecular complexity index is 591. The standard InChI is InChI=1S/C19H30N4O3.HI/c1-14(12-25-3)22-19(20-2)21-11-10-15-4-8-17(9-5-15)26-13-18(24)23-16-6-7-16;/h4-5,8-9,14,16H,6-7,10-13H2,1-3H3,(H,23,24)(H2,20,21,22);1H. The number of rotatable bonds is 10. The highest BCUT2D eigenvalue weighted by Gasteiger charge is 2.23. The molecule has 0 radical (unpaired) electrons. The van der Waals surface area contributed by atoms with E-state index in [1.807, 2.05) is 31.2 Å². The average molecular weight is 490 g/mol. The number of aliphatic imine (C=N–C) groups is 1. The maximum Gasteiger partial charge on any atom is 0.258 e. The smallest absolute Gasteiger partial charge is 0.258 e. The quantitative estimate of drug-likeness (QED) is 0.264. The Labute approximate surface area is 178 Å². The van der Waals surface area contributed by atoms with E-state index in [0.29, 0.717) is 18.4 Å². The van der Waals surface area contributed by atoms with E-state index < -0.39 is 0 Å². The minimum atomic E-state index is -0.0534. The van der Waals surface area contributed by atoms with Crippen molar-refractivity contribution in [2.24, 2.45) is 4.99 Å². The molecule has 2 rings (SSSR count). The number of hydrogen-bond donors (Lipinski definition) is 3. The summed E-state index contributed by atoms with van der Waals surface area (Å²) in [4.78, 5) is 15.8. The third kappa shape index (κ3) is 9.81. The predicted molar refractivity (Wildman–Crippen MR) is 118 cm³/mol. The lowest BCUT2D eigenvalue weighted by Gasteiger charge is -2.17. The number of halogens is 1. The van der Waals surface area contributed by atoms with Crippen molar-refractivity contribution in [3.8, 4) is 5.75 Å². The van der Waals surface area contributed by atoms with Crippen LogP contribution in [0.2, 0.25) is 0 Å². The van der Waals surface area contributed by atoms with Gasteiger partial charge in [0.2, 0.25) is 0 Å². The highest BCUT2D eigenvalue weighted by atomic mass is 127. The van der Waals surface area contributed by atoms with E-state index in [-0.39, 0.29) is 42.5 Å². The number of carbonyl (C=O) groups excluding carboxylic acids is 1. The molecule has 1 aromatic carbocycles. The number of methoxy groups -OCH3 is 1. The molecule has 1 fully saturated rings. The number of amides is 1. The minimum absolute atomic E-state index is 0. The Morgan fingerprint density at radius 1 is 1.30 bits per heavy atom. The molecule has 8 heteroatoms. The Morgan fingerprint density at radius 3 is 2.59 bits per heavy atom. The number of carbonyl (C=O) groups is 1. The zero-order chi connectivity index (χ0) is 18.8. The molecule has 0 saturated heterocycles. The monoisotopic (exact) mass is 490 g/mol. The molecule has 27 heavy (non-hydrogen) atoms. The topological polar surface area (TPSA) is 84.0 Å². The highest BCUT2D eigenvalue weighted by molar-refractivity contribution is 14.0. The fourth-order valence-electron chi connectivity index (χ4n) is 2.44. The first-order valence-electron chi connectivity index (χ1n) is 9.08.